The van der Waals surface area contributed by atoms with Crippen molar-refractivity contribution >= 4 is 15.9 Å². The Hall–Kier alpha value is -0.380. The maximum atomic E-state index is 9.21. The van der Waals surface area contributed by atoms with E-state index >= 15 is 0 Å². The zero-order valence-corrected chi connectivity index (χ0v) is 11.1. The Morgan fingerprint density at radius 2 is 2.38 bits per heavy atom. The fourth-order valence-corrected chi connectivity index (χ4v) is 2.75. The number of benzene rings is 1. The minimum atomic E-state index is 0.221. The molecular weight excluding hydrogens is 266 g/mol. The number of fused-ring (bicyclic) bond motifs is 1. The molecule has 0 bridgehead atoms. The van der Waals surface area contributed by atoms with E-state index in [9.17, 15) is 5.11 Å². The van der Waals surface area contributed by atoms with Gasteiger partial charge in [0, 0.05) is 16.6 Å². The van der Waals surface area contributed by atoms with Crippen LogP contribution in [0.15, 0.2) is 22.7 Å². The second kappa shape index (κ2) is 5.30. The van der Waals surface area contributed by atoms with Crippen LogP contribution in [0.1, 0.15) is 36.9 Å². The number of aliphatic hydroxyl groups is 1. The molecule has 1 unspecified atom stereocenters. The van der Waals surface area contributed by atoms with Gasteiger partial charge < -0.3 is 10.4 Å². The van der Waals surface area contributed by atoms with E-state index in [1.54, 1.807) is 0 Å². The minimum Gasteiger partial charge on any atom is -0.395 e. The number of aryl methyl sites for hydroxylation is 1. The summed E-state index contributed by atoms with van der Waals surface area (Å²) in [5.74, 6) is 0. The van der Waals surface area contributed by atoms with Crippen LogP contribution in [0.25, 0.3) is 0 Å². The molecule has 0 spiro atoms. The fourth-order valence-electron chi connectivity index (χ4n) is 2.34. The standard InChI is InChI=1S/C13H18BrNO/c1-2-11(8-16)15-13-6-3-9-7-10(14)4-5-12(9)13/h4-5,7,11,13,15-16H,2-3,6,8H2,1H3/t11-,13?/m1/s1. The van der Waals surface area contributed by atoms with Crippen molar-refractivity contribution < 1.29 is 5.11 Å². The van der Waals surface area contributed by atoms with Crippen LogP contribution in [0.3, 0.4) is 0 Å². The quantitative estimate of drug-likeness (QED) is 0.891. The molecule has 1 aromatic carbocycles. The number of aliphatic hydroxyl groups excluding tert-OH is 1. The summed E-state index contributed by atoms with van der Waals surface area (Å²) >= 11 is 3.50. The molecule has 1 aliphatic rings. The summed E-state index contributed by atoms with van der Waals surface area (Å²) < 4.78 is 1.15. The Morgan fingerprint density at radius 3 is 3.06 bits per heavy atom. The molecule has 88 valence electrons. The molecule has 0 fully saturated rings. The van der Waals surface area contributed by atoms with E-state index < -0.39 is 0 Å². The minimum absolute atomic E-state index is 0.221. The van der Waals surface area contributed by atoms with E-state index in [0.29, 0.717) is 6.04 Å². The highest BCUT2D eigenvalue weighted by Gasteiger charge is 2.23. The highest BCUT2D eigenvalue weighted by molar-refractivity contribution is 9.10. The zero-order chi connectivity index (χ0) is 11.5. The predicted molar refractivity (Wildman–Crippen MR) is 69.5 cm³/mol. The van der Waals surface area contributed by atoms with Gasteiger partial charge in [0.15, 0.2) is 0 Å². The molecule has 0 aromatic heterocycles. The fraction of sp³-hybridized carbons (Fsp3) is 0.538. The number of nitrogens with one attached hydrogen (secondary N) is 1. The van der Waals surface area contributed by atoms with Gasteiger partial charge >= 0.3 is 0 Å². The van der Waals surface area contributed by atoms with E-state index in [4.69, 9.17) is 0 Å². The Bertz CT molecular complexity index is 363. The first kappa shape index (κ1) is 12.1. The van der Waals surface area contributed by atoms with Crippen LogP contribution < -0.4 is 5.32 Å². The van der Waals surface area contributed by atoms with Crippen molar-refractivity contribution in [1.29, 1.82) is 0 Å². The molecular formula is C13H18BrNO. The van der Waals surface area contributed by atoms with Crippen molar-refractivity contribution in [1.82, 2.24) is 5.32 Å². The number of hydrogen-bond donors (Lipinski definition) is 2. The van der Waals surface area contributed by atoms with Crippen LogP contribution in [0.2, 0.25) is 0 Å². The smallest absolute Gasteiger partial charge is 0.0584 e. The average Bonchev–Trinajstić information content (AvgIpc) is 2.68. The van der Waals surface area contributed by atoms with Gasteiger partial charge in [-0.3, -0.25) is 0 Å². The summed E-state index contributed by atoms with van der Waals surface area (Å²) in [6, 6.07) is 7.13. The van der Waals surface area contributed by atoms with Crippen molar-refractivity contribution in [3.05, 3.63) is 33.8 Å². The van der Waals surface area contributed by atoms with Gasteiger partial charge in [-0.2, -0.15) is 0 Å². The highest BCUT2D eigenvalue weighted by Crippen LogP contribution is 2.33. The Morgan fingerprint density at radius 1 is 1.56 bits per heavy atom. The summed E-state index contributed by atoms with van der Waals surface area (Å²) in [4.78, 5) is 0. The topological polar surface area (TPSA) is 32.3 Å². The Kier molecular flexibility index (Phi) is 4.00. The third-order valence-corrected chi connectivity index (χ3v) is 3.83. The first-order valence-electron chi connectivity index (χ1n) is 5.89. The summed E-state index contributed by atoms with van der Waals surface area (Å²) in [5.41, 5.74) is 2.83. The second-order valence-electron chi connectivity index (χ2n) is 4.39. The molecule has 3 heteroatoms. The largest absolute Gasteiger partial charge is 0.395 e. The number of rotatable bonds is 4. The molecule has 2 nitrogen and oxygen atoms in total. The maximum absolute atomic E-state index is 9.21. The lowest BCUT2D eigenvalue weighted by Gasteiger charge is -2.20. The van der Waals surface area contributed by atoms with Gasteiger partial charge in [-0.15, -0.1) is 0 Å². The summed E-state index contributed by atoms with van der Waals surface area (Å²) in [5, 5.41) is 12.7. The molecule has 0 saturated heterocycles. The first-order chi connectivity index (χ1) is 7.74. The van der Waals surface area contributed by atoms with Gasteiger partial charge in [0.25, 0.3) is 0 Å². The number of hydrogen-bond acceptors (Lipinski definition) is 2. The molecule has 0 aliphatic heterocycles. The van der Waals surface area contributed by atoms with Gasteiger partial charge in [-0.1, -0.05) is 28.9 Å². The Balaban J connectivity index is 2.11. The van der Waals surface area contributed by atoms with Gasteiger partial charge in [0.05, 0.1) is 6.61 Å². The lowest BCUT2D eigenvalue weighted by atomic mass is 10.1. The van der Waals surface area contributed by atoms with Gasteiger partial charge in [0.1, 0.15) is 0 Å². The molecule has 1 aromatic rings. The molecule has 1 aliphatic carbocycles. The summed E-state index contributed by atoms with van der Waals surface area (Å²) in [6.07, 6.45) is 3.25. The van der Waals surface area contributed by atoms with Crippen LogP contribution in [-0.4, -0.2) is 17.8 Å². The van der Waals surface area contributed by atoms with Crippen molar-refractivity contribution in [2.75, 3.05) is 6.61 Å². The maximum Gasteiger partial charge on any atom is 0.0584 e. The normalized spacial score (nSPS) is 20.8. The third kappa shape index (κ3) is 2.47. The van der Waals surface area contributed by atoms with Crippen molar-refractivity contribution in [3.63, 3.8) is 0 Å². The van der Waals surface area contributed by atoms with E-state index in [2.05, 4.69) is 46.4 Å². The van der Waals surface area contributed by atoms with Crippen molar-refractivity contribution in [3.8, 4) is 0 Å². The molecule has 0 saturated carbocycles. The summed E-state index contributed by atoms with van der Waals surface area (Å²) in [6.45, 7) is 2.32. The lowest BCUT2D eigenvalue weighted by molar-refractivity contribution is 0.227. The predicted octanol–water partition coefficient (Wildman–Crippen LogP) is 2.80. The molecule has 2 rings (SSSR count). The van der Waals surface area contributed by atoms with Crippen molar-refractivity contribution in [2.24, 2.45) is 0 Å². The highest BCUT2D eigenvalue weighted by atomic mass is 79.9. The molecule has 0 heterocycles. The molecule has 0 radical (unpaired) electrons. The SMILES string of the molecule is CC[C@H](CO)NC1CCc2cc(Br)ccc21. The third-order valence-electron chi connectivity index (χ3n) is 3.33. The molecule has 2 N–H and O–H groups in total. The zero-order valence-electron chi connectivity index (χ0n) is 9.54. The van der Waals surface area contributed by atoms with Gasteiger partial charge in [-0.25, -0.2) is 0 Å². The van der Waals surface area contributed by atoms with E-state index in [0.717, 1.165) is 23.7 Å². The van der Waals surface area contributed by atoms with E-state index in [1.165, 1.54) is 11.1 Å². The molecule has 0 amide bonds. The second-order valence-corrected chi connectivity index (χ2v) is 5.30. The van der Waals surface area contributed by atoms with Crippen LogP contribution in [0, 0.1) is 0 Å². The van der Waals surface area contributed by atoms with Crippen LogP contribution in [0.4, 0.5) is 0 Å². The molecule has 2 atom stereocenters. The molecule has 16 heavy (non-hydrogen) atoms. The van der Waals surface area contributed by atoms with E-state index in [1.807, 2.05) is 0 Å². The average molecular weight is 284 g/mol. The number of halogens is 1. The van der Waals surface area contributed by atoms with Crippen LogP contribution >= 0.6 is 15.9 Å². The van der Waals surface area contributed by atoms with Crippen LogP contribution in [0.5, 0.6) is 0 Å². The monoisotopic (exact) mass is 283 g/mol. The first-order valence-corrected chi connectivity index (χ1v) is 6.69. The summed E-state index contributed by atoms with van der Waals surface area (Å²) in [7, 11) is 0. The van der Waals surface area contributed by atoms with Gasteiger partial charge in [-0.05, 0) is 42.5 Å². The Labute approximate surface area is 105 Å². The lowest BCUT2D eigenvalue weighted by Crippen LogP contribution is -2.34. The van der Waals surface area contributed by atoms with Gasteiger partial charge in [0.2, 0.25) is 0 Å². The van der Waals surface area contributed by atoms with Crippen LogP contribution in [-0.2, 0) is 6.42 Å². The van der Waals surface area contributed by atoms with Crippen molar-refractivity contribution in [2.45, 2.75) is 38.3 Å². The van der Waals surface area contributed by atoms with E-state index in [-0.39, 0.29) is 12.6 Å².